The van der Waals surface area contributed by atoms with E-state index in [1.165, 1.54) is 4.31 Å². The Morgan fingerprint density at radius 3 is 2.08 bits per heavy atom. The second-order valence-electron chi connectivity index (χ2n) is 6.24. The number of nitrogens with zero attached hydrogens (tertiary/aromatic N) is 2. The zero-order valence-electron chi connectivity index (χ0n) is 14.5. The number of para-hydroxylation sites is 1. The van der Waals surface area contributed by atoms with Crippen LogP contribution in [0.3, 0.4) is 0 Å². The molecule has 138 valence electrons. The van der Waals surface area contributed by atoms with E-state index in [4.69, 9.17) is 0 Å². The number of nitrogens with one attached hydrogen (secondary N) is 1. The summed E-state index contributed by atoms with van der Waals surface area (Å²) in [5.41, 5.74) is 1.67. The molecule has 1 aliphatic heterocycles. The lowest BCUT2D eigenvalue weighted by molar-refractivity contribution is -0.130. The molecule has 0 saturated carbocycles. The molecule has 7 heteroatoms. The Bertz CT molecular complexity index is 818. The number of hydrogen-bond donors (Lipinski definition) is 1. The number of carbonyl (C=O) groups is 1. The van der Waals surface area contributed by atoms with E-state index in [9.17, 15) is 13.2 Å². The molecule has 0 unspecified atom stereocenters. The van der Waals surface area contributed by atoms with Gasteiger partial charge >= 0.3 is 0 Å². The van der Waals surface area contributed by atoms with Gasteiger partial charge in [0.2, 0.25) is 15.9 Å². The van der Waals surface area contributed by atoms with Crippen LogP contribution in [0, 0.1) is 0 Å². The van der Waals surface area contributed by atoms with Gasteiger partial charge in [-0.3, -0.25) is 4.79 Å². The molecule has 0 radical (unpaired) electrons. The van der Waals surface area contributed by atoms with Gasteiger partial charge in [-0.15, -0.1) is 0 Å². The van der Waals surface area contributed by atoms with Crippen molar-refractivity contribution in [3.8, 4) is 0 Å². The number of rotatable bonds is 6. The summed E-state index contributed by atoms with van der Waals surface area (Å²) >= 11 is 0. The van der Waals surface area contributed by atoms with Gasteiger partial charge in [-0.2, -0.15) is 4.31 Å². The summed E-state index contributed by atoms with van der Waals surface area (Å²) in [5, 5.41) is 3.09. The Balaban J connectivity index is 1.49. The van der Waals surface area contributed by atoms with Crippen molar-refractivity contribution in [1.29, 1.82) is 0 Å². The highest BCUT2D eigenvalue weighted by Gasteiger charge is 2.28. The summed E-state index contributed by atoms with van der Waals surface area (Å²) in [6.07, 6.45) is 0. The normalized spacial score (nSPS) is 15.6. The predicted octanol–water partition coefficient (Wildman–Crippen LogP) is 1.77. The molecular weight excluding hydrogens is 350 g/mol. The minimum Gasteiger partial charge on any atom is -0.376 e. The molecule has 0 bridgehead atoms. The first-order valence-corrected chi connectivity index (χ1v) is 10.2. The summed E-state index contributed by atoms with van der Waals surface area (Å²) < 4.78 is 26.6. The quantitative estimate of drug-likeness (QED) is 0.838. The molecule has 3 rings (SSSR count). The van der Waals surface area contributed by atoms with Gasteiger partial charge in [-0.25, -0.2) is 8.42 Å². The molecule has 26 heavy (non-hydrogen) atoms. The highest BCUT2D eigenvalue weighted by atomic mass is 32.2. The van der Waals surface area contributed by atoms with Crippen molar-refractivity contribution in [2.24, 2.45) is 0 Å². The minimum absolute atomic E-state index is 0.00263. The molecule has 1 aliphatic rings. The molecule has 0 spiro atoms. The monoisotopic (exact) mass is 373 g/mol. The molecule has 6 nitrogen and oxygen atoms in total. The van der Waals surface area contributed by atoms with Crippen LogP contribution in [-0.4, -0.2) is 56.3 Å². The molecule has 1 amide bonds. The first-order chi connectivity index (χ1) is 12.5. The third-order valence-corrected chi connectivity index (χ3v) is 6.24. The van der Waals surface area contributed by atoms with Crippen LogP contribution in [0.5, 0.6) is 0 Å². The highest BCUT2D eigenvalue weighted by molar-refractivity contribution is 7.88. The Morgan fingerprint density at radius 1 is 0.885 bits per heavy atom. The van der Waals surface area contributed by atoms with Gasteiger partial charge in [0.05, 0.1) is 12.3 Å². The molecule has 0 aromatic heterocycles. The van der Waals surface area contributed by atoms with Crippen molar-refractivity contribution in [3.63, 3.8) is 0 Å². The van der Waals surface area contributed by atoms with Crippen LogP contribution in [0.4, 0.5) is 5.69 Å². The van der Waals surface area contributed by atoms with Crippen molar-refractivity contribution in [2.75, 3.05) is 38.0 Å². The van der Waals surface area contributed by atoms with E-state index < -0.39 is 10.0 Å². The van der Waals surface area contributed by atoms with Gasteiger partial charge in [0.25, 0.3) is 0 Å². The van der Waals surface area contributed by atoms with Crippen LogP contribution in [0.1, 0.15) is 5.56 Å². The molecule has 1 saturated heterocycles. The van der Waals surface area contributed by atoms with Crippen LogP contribution in [0.2, 0.25) is 0 Å². The Kier molecular flexibility index (Phi) is 5.90. The summed E-state index contributed by atoms with van der Waals surface area (Å²) in [6, 6.07) is 18.7. The Labute approximate surface area is 154 Å². The fraction of sp³-hybridized carbons (Fsp3) is 0.316. The van der Waals surface area contributed by atoms with E-state index in [2.05, 4.69) is 5.32 Å². The standard InChI is InChI=1S/C19H23N3O3S/c23-19(15-20-18-9-5-2-6-10-18)21-11-13-22(14-12-21)26(24,25)16-17-7-3-1-4-8-17/h1-10,20H,11-16H2. The molecule has 2 aromatic rings. The maximum atomic E-state index is 12.6. The number of benzene rings is 2. The average Bonchev–Trinajstić information content (AvgIpc) is 2.67. The number of amides is 1. The van der Waals surface area contributed by atoms with Crippen LogP contribution in [-0.2, 0) is 20.6 Å². The number of piperazine rings is 1. The van der Waals surface area contributed by atoms with E-state index in [0.29, 0.717) is 26.2 Å². The van der Waals surface area contributed by atoms with Crippen molar-refractivity contribution in [2.45, 2.75) is 5.75 Å². The minimum atomic E-state index is -3.36. The lowest BCUT2D eigenvalue weighted by Crippen LogP contribution is -2.51. The molecule has 2 aromatic carbocycles. The fourth-order valence-electron chi connectivity index (χ4n) is 2.94. The second kappa shape index (κ2) is 8.33. The maximum Gasteiger partial charge on any atom is 0.241 e. The number of hydrogen-bond acceptors (Lipinski definition) is 4. The predicted molar refractivity (Wildman–Crippen MR) is 102 cm³/mol. The van der Waals surface area contributed by atoms with E-state index >= 15 is 0 Å². The van der Waals surface area contributed by atoms with Gasteiger partial charge in [-0.05, 0) is 17.7 Å². The average molecular weight is 373 g/mol. The second-order valence-corrected chi connectivity index (χ2v) is 8.21. The largest absolute Gasteiger partial charge is 0.376 e. The van der Waals surface area contributed by atoms with Gasteiger partial charge in [0, 0.05) is 31.9 Å². The van der Waals surface area contributed by atoms with Crippen LogP contribution < -0.4 is 5.32 Å². The Hall–Kier alpha value is -2.38. The van der Waals surface area contributed by atoms with E-state index in [0.717, 1.165) is 11.3 Å². The molecule has 0 aliphatic carbocycles. The van der Waals surface area contributed by atoms with Crippen molar-refractivity contribution >= 4 is 21.6 Å². The van der Waals surface area contributed by atoms with Gasteiger partial charge in [0.15, 0.2) is 0 Å². The Morgan fingerprint density at radius 2 is 1.46 bits per heavy atom. The first-order valence-electron chi connectivity index (χ1n) is 8.63. The smallest absolute Gasteiger partial charge is 0.241 e. The highest BCUT2D eigenvalue weighted by Crippen LogP contribution is 2.14. The lowest BCUT2D eigenvalue weighted by atomic mass is 10.2. The van der Waals surface area contributed by atoms with E-state index in [1.54, 1.807) is 4.90 Å². The topological polar surface area (TPSA) is 69.7 Å². The van der Waals surface area contributed by atoms with Crippen LogP contribution >= 0.6 is 0 Å². The SMILES string of the molecule is O=C(CNc1ccccc1)N1CCN(S(=O)(=O)Cc2ccccc2)CC1. The van der Waals surface area contributed by atoms with Crippen LogP contribution in [0.25, 0.3) is 0 Å². The van der Waals surface area contributed by atoms with Crippen molar-refractivity contribution < 1.29 is 13.2 Å². The third-order valence-electron chi connectivity index (χ3n) is 4.39. The molecule has 1 heterocycles. The number of anilines is 1. The summed E-state index contributed by atoms with van der Waals surface area (Å²) in [7, 11) is -3.36. The summed E-state index contributed by atoms with van der Waals surface area (Å²) in [4.78, 5) is 14.0. The van der Waals surface area contributed by atoms with Crippen molar-refractivity contribution in [1.82, 2.24) is 9.21 Å². The summed E-state index contributed by atoms with van der Waals surface area (Å²) in [5.74, 6) is -0.0221. The number of carbonyl (C=O) groups excluding carboxylic acids is 1. The van der Waals surface area contributed by atoms with Crippen LogP contribution in [0.15, 0.2) is 60.7 Å². The maximum absolute atomic E-state index is 12.6. The lowest BCUT2D eigenvalue weighted by Gasteiger charge is -2.34. The zero-order chi connectivity index (χ0) is 18.4. The molecule has 0 atom stereocenters. The summed E-state index contributed by atoms with van der Waals surface area (Å²) in [6.45, 7) is 1.73. The van der Waals surface area contributed by atoms with Gasteiger partial charge < -0.3 is 10.2 Å². The number of sulfonamides is 1. The first kappa shape index (κ1) is 18.4. The third kappa shape index (κ3) is 4.83. The van der Waals surface area contributed by atoms with E-state index in [1.807, 2.05) is 60.7 Å². The zero-order valence-corrected chi connectivity index (χ0v) is 15.4. The van der Waals surface area contributed by atoms with Gasteiger partial charge in [0.1, 0.15) is 0 Å². The van der Waals surface area contributed by atoms with E-state index in [-0.39, 0.29) is 18.2 Å². The van der Waals surface area contributed by atoms with Gasteiger partial charge in [-0.1, -0.05) is 48.5 Å². The fourth-order valence-corrected chi connectivity index (χ4v) is 4.45. The molecular formula is C19H23N3O3S. The molecule has 1 N–H and O–H groups in total. The van der Waals surface area contributed by atoms with Crippen molar-refractivity contribution in [3.05, 3.63) is 66.2 Å². The molecule has 1 fully saturated rings.